The third kappa shape index (κ3) is 4.43. The third-order valence-electron chi connectivity index (χ3n) is 4.87. The van der Waals surface area contributed by atoms with Crippen molar-refractivity contribution < 1.29 is 28.7 Å². The molecule has 1 fully saturated rings. The molecule has 1 saturated heterocycles. The monoisotopic (exact) mass is 425 g/mol. The van der Waals surface area contributed by atoms with Crippen molar-refractivity contribution in [3.8, 4) is 12.3 Å². The van der Waals surface area contributed by atoms with Crippen LogP contribution in [-0.2, 0) is 25.7 Å². The quantitative estimate of drug-likeness (QED) is 0.586. The van der Waals surface area contributed by atoms with Crippen molar-refractivity contribution in [1.29, 1.82) is 0 Å². The summed E-state index contributed by atoms with van der Waals surface area (Å²) in [6, 6.07) is 3.85. The minimum atomic E-state index is -1.06. The Bertz CT molecular complexity index is 1020. The van der Waals surface area contributed by atoms with Gasteiger partial charge in [-0.15, -0.1) is 6.42 Å². The zero-order valence-electron chi connectivity index (χ0n) is 17.6. The molecule has 162 valence electrons. The number of nitrogens with zero attached hydrogens (tertiary/aromatic N) is 2. The van der Waals surface area contributed by atoms with E-state index in [9.17, 15) is 24.0 Å². The van der Waals surface area contributed by atoms with E-state index in [2.05, 4.69) is 11.2 Å². The molecule has 2 aliphatic heterocycles. The SMILES string of the molecule is C#CCC(=O)Nc1cccc2c1CN(C1CCC(=O)N(C(=O)OC(C)(C)C)C1=O)C2=O. The first-order valence-electron chi connectivity index (χ1n) is 9.79. The van der Waals surface area contributed by atoms with Gasteiger partial charge in [0.05, 0.1) is 6.42 Å². The average molecular weight is 425 g/mol. The van der Waals surface area contributed by atoms with E-state index in [-0.39, 0.29) is 25.8 Å². The highest BCUT2D eigenvalue weighted by atomic mass is 16.6. The first-order valence-corrected chi connectivity index (χ1v) is 9.79. The van der Waals surface area contributed by atoms with Gasteiger partial charge in [0.25, 0.3) is 11.8 Å². The summed E-state index contributed by atoms with van der Waals surface area (Å²) in [5, 5.41) is 2.67. The number of rotatable bonds is 3. The Morgan fingerprint density at radius 3 is 2.61 bits per heavy atom. The molecule has 1 aromatic carbocycles. The maximum Gasteiger partial charge on any atom is 0.424 e. The summed E-state index contributed by atoms with van der Waals surface area (Å²) in [7, 11) is 0. The van der Waals surface area contributed by atoms with Gasteiger partial charge in [-0.25, -0.2) is 4.79 Å². The van der Waals surface area contributed by atoms with Crippen LogP contribution in [0.2, 0.25) is 0 Å². The number of hydrogen-bond donors (Lipinski definition) is 1. The summed E-state index contributed by atoms with van der Waals surface area (Å²) < 4.78 is 5.18. The smallest absolute Gasteiger partial charge is 0.424 e. The predicted molar refractivity (Wildman–Crippen MR) is 110 cm³/mol. The molecule has 2 heterocycles. The van der Waals surface area contributed by atoms with Gasteiger partial charge in [-0.3, -0.25) is 19.2 Å². The molecule has 0 aliphatic carbocycles. The summed E-state index contributed by atoms with van der Waals surface area (Å²) in [5.41, 5.74) is 0.422. The molecule has 3 rings (SSSR count). The highest BCUT2D eigenvalue weighted by Crippen LogP contribution is 2.33. The van der Waals surface area contributed by atoms with Crippen LogP contribution in [-0.4, -0.2) is 51.2 Å². The fourth-order valence-corrected chi connectivity index (χ4v) is 3.57. The second-order valence-corrected chi connectivity index (χ2v) is 8.30. The zero-order valence-corrected chi connectivity index (χ0v) is 17.6. The molecule has 9 nitrogen and oxygen atoms in total. The van der Waals surface area contributed by atoms with Crippen LogP contribution in [0, 0.1) is 12.3 Å². The third-order valence-corrected chi connectivity index (χ3v) is 4.87. The number of hydrogen-bond acceptors (Lipinski definition) is 6. The van der Waals surface area contributed by atoms with Crippen molar-refractivity contribution in [3.63, 3.8) is 0 Å². The molecule has 0 bridgehead atoms. The van der Waals surface area contributed by atoms with Gasteiger partial charge in [0.1, 0.15) is 11.6 Å². The second-order valence-electron chi connectivity index (χ2n) is 8.30. The number of imide groups is 3. The van der Waals surface area contributed by atoms with E-state index >= 15 is 0 Å². The van der Waals surface area contributed by atoms with Crippen LogP contribution in [0.15, 0.2) is 18.2 Å². The van der Waals surface area contributed by atoms with Gasteiger partial charge < -0.3 is 15.0 Å². The summed E-state index contributed by atoms with van der Waals surface area (Å²) >= 11 is 0. The molecule has 31 heavy (non-hydrogen) atoms. The average Bonchev–Trinajstić information content (AvgIpc) is 2.98. The molecule has 2 aliphatic rings. The van der Waals surface area contributed by atoms with E-state index in [0.29, 0.717) is 21.7 Å². The number of likely N-dealkylation sites (tertiary alicyclic amines) is 1. The number of carbonyl (C=O) groups is 5. The number of carbonyl (C=O) groups excluding carboxylic acids is 5. The molecule has 9 heteroatoms. The molecular formula is C22H23N3O6. The summed E-state index contributed by atoms with van der Waals surface area (Å²) in [6.07, 6.45) is 4.00. The molecule has 5 amide bonds. The van der Waals surface area contributed by atoms with Crippen LogP contribution >= 0.6 is 0 Å². The normalized spacial score (nSPS) is 18.5. The number of terminal acetylenes is 1. The molecule has 0 aromatic heterocycles. The van der Waals surface area contributed by atoms with E-state index in [1.165, 1.54) is 4.90 Å². The number of fused-ring (bicyclic) bond motifs is 1. The van der Waals surface area contributed by atoms with Gasteiger partial charge in [-0.05, 0) is 39.3 Å². The predicted octanol–water partition coefficient (Wildman–Crippen LogP) is 2.06. The standard InChI is InChI=1S/C22H23N3O6/c1-5-7-17(26)23-15-9-6-8-13-14(15)12-24(19(13)28)16-10-11-18(27)25(20(16)29)21(30)31-22(2,3)4/h1,6,8-9,16H,7,10-12H2,2-4H3,(H,23,26). The lowest BCUT2D eigenvalue weighted by Crippen LogP contribution is -2.57. The van der Waals surface area contributed by atoms with Crippen LogP contribution in [0.4, 0.5) is 10.5 Å². The van der Waals surface area contributed by atoms with Crippen LogP contribution in [0.3, 0.4) is 0 Å². The van der Waals surface area contributed by atoms with Crippen molar-refractivity contribution in [1.82, 2.24) is 9.80 Å². The van der Waals surface area contributed by atoms with Gasteiger partial charge in [0.15, 0.2) is 0 Å². The zero-order chi connectivity index (χ0) is 22.9. The van der Waals surface area contributed by atoms with Crippen molar-refractivity contribution in [2.75, 3.05) is 5.32 Å². The fraction of sp³-hybridized carbons (Fsp3) is 0.409. The first-order chi connectivity index (χ1) is 14.5. The Hall–Kier alpha value is -3.67. The van der Waals surface area contributed by atoms with Crippen LogP contribution in [0.5, 0.6) is 0 Å². The minimum Gasteiger partial charge on any atom is -0.443 e. The summed E-state index contributed by atoms with van der Waals surface area (Å²) in [4.78, 5) is 64.4. The lowest BCUT2D eigenvalue weighted by Gasteiger charge is -2.35. The van der Waals surface area contributed by atoms with Crippen LogP contribution < -0.4 is 5.32 Å². The molecule has 0 saturated carbocycles. The number of nitrogens with one attached hydrogen (secondary N) is 1. The number of benzene rings is 1. The fourth-order valence-electron chi connectivity index (χ4n) is 3.57. The molecule has 0 spiro atoms. The number of amides is 5. The first kappa shape index (κ1) is 22.0. The van der Waals surface area contributed by atoms with Gasteiger partial charge in [-0.2, -0.15) is 4.90 Å². The Morgan fingerprint density at radius 2 is 1.97 bits per heavy atom. The van der Waals surface area contributed by atoms with E-state index < -0.39 is 41.4 Å². The molecule has 1 atom stereocenters. The van der Waals surface area contributed by atoms with Gasteiger partial charge in [0, 0.05) is 29.8 Å². The second kappa shape index (κ2) is 8.22. The van der Waals surface area contributed by atoms with Crippen molar-refractivity contribution in [2.45, 2.75) is 58.2 Å². The van der Waals surface area contributed by atoms with E-state index in [1.54, 1.807) is 39.0 Å². The minimum absolute atomic E-state index is 0.0490. The van der Waals surface area contributed by atoms with Gasteiger partial charge in [-0.1, -0.05) is 12.0 Å². The Balaban J connectivity index is 1.84. The van der Waals surface area contributed by atoms with Crippen molar-refractivity contribution in [3.05, 3.63) is 29.3 Å². The van der Waals surface area contributed by atoms with E-state index in [4.69, 9.17) is 11.2 Å². The van der Waals surface area contributed by atoms with E-state index in [0.717, 1.165) is 0 Å². The molecule has 1 aromatic rings. The number of piperidine rings is 1. The van der Waals surface area contributed by atoms with Gasteiger partial charge in [0.2, 0.25) is 11.8 Å². The Kier molecular flexibility index (Phi) is 5.84. The molecule has 0 radical (unpaired) electrons. The molecular weight excluding hydrogens is 402 g/mol. The highest BCUT2D eigenvalue weighted by Gasteiger charge is 2.46. The van der Waals surface area contributed by atoms with Crippen LogP contribution in [0.25, 0.3) is 0 Å². The molecule has 1 unspecified atom stereocenters. The van der Waals surface area contributed by atoms with Gasteiger partial charge >= 0.3 is 6.09 Å². The molecule has 1 N–H and O–H groups in total. The van der Waals surface area contributed by atoms with Crippen molar-refractivity contribution in [2.24, 2.45) is 0 Å². The van der Waals surface area contributed by atoms with Crippen molar-refractivity contribution >= 4 is 35.4 Å². The maximum atomic E-state index is 13.0. The topological polar surface area (TPSA) is 113 Å². The lowest BCUT2D eigenvalue weighted by atomic mass is 10.0. The Morgan fingerprint density at radius 1 is 1.26 bits per heavy atom. The largest absolute Gasteiger partial charge is 0.443 e. The number of anilines is 1. The summed E-state index contributed by atoms with van der Waals surface area (Å²) in [5.74, 6) is -0.0236. The Labute approximate surface area is 179 Å². The highest BCUT2D eigenvalue weighted by molar-refractivity contribution is 6.13. The summed E-state index contributed by atoms with van der Waals surface area (Å²) in [6.45, 7) is 4.92. The lowest BCUT2D eigenvalue weighted by molar-refractivity contribution is -0.150. The number of ether oxygens (including phenoxy) is 1. The van der Waals surface area contributed by atoms with E-state index in [1.807, 2.05) is 0 Å². The maximum absolute atomic E-state index is 13.0. The van der Waals surface area contributed by atoms with Crippen LogP contribution in [0.1, 0.15) is 56.0 Å².